The van der Waals surface area contributed by atoms with Crippen LogP contribution in [0.1, 0.15) is 28.2 Å². The summed E-state index contributed by atoms with van der Waals surface area (Å²) >= 11 is 0. The van der Waals surface area contributed by atoms with Crippen molar-refractivity contribution < 1.29 is 34.8 Å². The molecule has 7 nitrogen and oxygen atoms in total. The van der Waals surface area contributed by atoms with E-state index in [4.69, 9.17) is 4.74 Å². The number of rotatable bonds is 4. The molecule has 3 rings (SSSR count). The zero-order chi connectivity index (χ0) is 19.9. The third-order valence-corrected chi connectivity index (χ3v) is 4.79. The fourth-order valence-corrected chi connectivity index (χ4v) is 3.48. The molecule has 2 aromatic rings. The first kappa shape index (κ1) is 18.3. The Morgan fingerprint density at radius 1 is 1.04 bits per heavy atom. The van der Waals surface area contributed by atoms with Gasteiger partial charge >= 0.3 is 11.9 Å². The van der Waals surface area contributed by atoms with Gasteiger partial charge in [0.2, 0.25) is 0 Å². The van der Waals surface area contributed by atoms with Gasteiger partial charge in [-0.25, -0.2) is 4.79 Å². The number of carboxylic acids is 2. The van der Waals surface area contributed by atoms with Crippen molar-refractivity contribution in [1.29, 1.82) is 0 Å². The summed E-state index contributed by atoms with van der Waals surface area (Å²) in [5, 5.41) is 39.3. The van der Waals surface area contributed by atoms with E-state index in [1.165, 1.54) is 37.5 Å². The Kier molecular flexibility index (Phi) is 4.53. The molecule has 2 unspecified atom stereocenters. The van der Waals surface area contributed by atoms with Gasteiger partial charge in [-0.3, -0.25) is 4.79 Å². The van der Waals surface area contributed by atoms with Crippen molar-refractivity contribution in [1.82, 2.24) is 0 Å². The molecule has 0 aromatic heterocycles. The van der Waals surface area contributed by atoms with Gasteiger partial charge in [-0.2, -0.15) is 0 Å². The van der Waals surface area contributed by atoms with E-state index < -0.39 is 23.8 Å². The van der Waals surface area contributed by atoms with Crippen LogP contribution in [0.25, 0.3) is 6.08 Å². The van der Waals surface area contributed by atoms with E-state index in [0.717, 1.165) is 0 Å². The number of aromatic hydroxyl groups is 2. The number of phenols is 2. The molecule has 0 heterocycles. The Bertz CT molecular complexity index is 975. The second-order valence-corrected chi connectivity index (χ2v) is 6.40. The van der Waals surface area contributed by atoms with Crippen LogP contribution in [0.3, 0.4) is 0 Å². The van der Waals surface area contributed by atoms with Gasteiger partial charge in [-0.15, -0.1) is 0 Å². The van der Waals surface area contributed by atoms with E-state index in [-0.39, 0.29) is 22.8 Å². The van der Waals surface area contributed by atoms with Crippen molar-refractivity contribution in [3.8, 4) is 17.2 Å². The molecule has 0 amide bonds. The quantitative estimate of drug-likeness (QED) is 0.652. The van der Waals surface area contributed by atoms with Gasteiger partial charge < -0.3 is 25.2 Å². The molecule has 7 heteroatoms. The van der Waals surface area contributed by atoms with Crippen molar-refractivity contribution in [2.75, 3.05) is 7.11 Å². The summed E-state index contributed by atoms with van der Waals surface area (Å²) in [6.07, 6.45) is 1.33. The minimum absolute atomic E-state index is 0.0131. The van der Waals surface area contributed by atoms with E-state index >= 15 is 0 Å². The van der Waals surface area contributed by atoms with Crippen LogP contribution in [0.4, 0.5) is 0 Å². The van der Waals surface area contributed by atoms with Crippen LogP contribution in [0, 0.1) is 12.8 Å². The fraction of sp³-hybridized carbons (Fsp3) is 0.200. The first-order valence-electron chi connectivity index (χ1n) is 8.12. The molecule has 4 N–H and O–H groups in total. The smallest absolute Gasteiger partial charge is 0.332 e. The van der Waals surface area contributed by atoms with Gasteiger partial charge in [-0.05, 0) is 59.5 Å². The second kappa shape index (κ2) is 6.68. The average Bonchev–Trinajstić information content (AvgIpc) is 2.61. The number of aliphatic carboxylic acids is 2. The predicted octanol–water partition coefficient (Wildman–Crippen LogP) is 2.73. The molecule has 0 aliphatic heterocycles. The number of methoxy groups -OCH3 is 1. The van der Waals surface area contributed by atoms with Gasteiger partial charge in [0.25, 0.3) is 0 Å². The zero-order valence-corrected chi connectivity index (χ0v) is 14.6. The Labute approximate surface area is 154 Å². The van der Waals surface area contributed by atoms with E-state index in [1.807, 2.05) is 0 Å². The topological polar surface area (TPSA) is 124 Å². The third-order valence-electron chi connectivity index (χ3n) is 4.79. The van der Waals surface area contributed by atoms with Gasteiger partial charge in [-0.1, -0.05) is 6.07 Å². The zero-order valence-electron chi connectivity index (χ0n) is 14.6. The number of aryl methyl sites for hydroxylation is 1. The molecule has 0 bridgehead atoms. The highest BCUT2D eigenvalue weighted by Crippen LogP contribution is 2.46. The Morgan fingerprint density at radius 2 is 1.74 bits per heavy atom. The molecule has 2 aromatic carbocycles. The Balaban J connectivity index is 2.32. The lowest BCUT2D eigenvalue weighted by atomic mass is 9.71. The Morgan fingerprint density at radius 3 is 2.33 bits per heavy atom. The number of phenolic OH excluding ortho intramolecular Hbond substituents is 2. The molecule has 1 aliphatic carbocycles. The summed E-state index contributed by atoms with van der Waals surface area (Å²) in [7, 11) is 1.36. The maximum Gasteiger partial charge on any atom is 0.332 e. The molecular weight excluding hydrogens is 352 g/mol. The van der Waals surface area contributed by atoms with Gasteiger partial charge in [0.05, 0.1) is 18.6 Å². The molecule has 140 valence electrons. The number of hydrogen-bond donors (Lipinski definition) is 4. The van der Waals surface area contributed by atoms with Crippen LogP contribution in [0.15, 0.2) is 35.9 Å². The molecule has 0 saturated carbocycles. The summed E-state index contributed by atoms with van der Waals surface area (Å²) in [6.45, 7) is 1.67. The van der Waals surface area contributed by atoms with Crippen LogP contribution in [-0.2, 0) is 9.59 Å². The molecule has 0 saturated heterocycles. The number of fused-ring (bicyclic) bond motifs is 1. The number of hydrogen-bond acceptors (Lipinski definition) is 5. The minimum Gasteiger partial charge on any atom is -0.508 e. The molecule has 1 aliphatic rings. The van der Waals surface area contributed by atoms with Crippen molar-refractivity contribution in [3.05, 3.63) is 58.2 Å². The van der Waals surface area contributed by atoms with Gasteiger partial charge in [0, 0.05) is 5.92 Å². The molecule has 0 fully saturated rings. The lowest BCUT2D eigenvalue weighted by molar-refractivity contribution is -0.144. The van der Waals surface area contributed by atoms with Crippen LogP contribution >= 0.6 is 0 Å². The lowest BCUT2D eigenvalue weighted by Crippen LogP contribution is -2.31. The fourth-order valence-electron chi connectivity index (χ4n) is 3.48. The van der Waals surface area contributed by atoms with Crippen molar-refractivity contribution in [2.24, 2.45) is 5.92 Å². The van der Waals surface area contributed by atoms with E-state index in [1.54, 1.807) is 13.0 Å². The maximum absolute atomic E-state index is 12.0. The number of carboxylic acid groups (broad SMARTS) is 2. The van der Waals surface area contributed by atoms with Gasteiger partial charge in [0.15, 0.2) is 11.5 Å². The van der Waals surface area contributed by atoms with Crippen LogP contribution in [0.2, 0.25) is 0 Å². The summed E-state index contributed by atoms with van der Waals surface area (Å²) < 4.78 is 5.10. The number of carbonyl (C=O) groups is 2. The minimum atomic E-state index is -1.37. The Hall–Kier alpha value is -3.48. The van der Waals surface area contributed by atoms with Crippen LogP contribution < -0.4 is 4.74 Å². The second-order valence-electron chi connectivity index (χ2n) is 6.40. The van der Waals surface area contributed by atoms with E-state index in [2.05, 4.69) is 0 Å². The summed E-state index contributed by atoms with van der Waals surface area (Å²) in [4.78, 5) is 23.7. The van der Waals surface area contributed by atoms with Crippen LogP contribution in [0.5, 0.6) is 17.2 Å². The summed E-state index contributed by atoms with van der Waals surface area (Å²) in [5.74, 6) is -4.87. The molecule has 2 atom stereocenters. The van der Waals surface area contributed by atoms with Crippen molar-refractivity contribution >= 4 is 18.0 Å². The normalized spacial score (nSPS) is 18.4. The van der Waals surface area contributed by atoms with E-state index in [0.29, 0.717) is 22.3 Å². The van der Waals surface area contributed by atoms with Gasteiger partial charge in [0.1, 0.15) is 5.75 Å². The third kappa shape index (κ3) is 3.08. The highest BCUT2D eigenvalue weighted by atomic mass is 16.5. The van der Waals surface area contributed by atoms with E-state index in [9.17, 15) is 30.0 Å². The largest absolute Gasteiger partial charge is 0.508 e. The lowest BCUT2D eigenvalue weighted by Gasteiger charge is -2.31. The average molecular weight is 370 g/mol. The number of ether oxygens (including phenoxy) is 1. The molecular formula is C20H18O7. The van der Waals surface area contributed by atoms with Crippen molar-refractivity contribution in [2.45, 2.75) is 12.8 Å². The molecule has 0 spiro atoms. The highest BCUT2D eigenvalue weighted by Gasteiger charge is 2.41. The molecule has 0 radical (unpaired) electrons. The maximum atomic E-state index is 12.0. The highest BCUT2D eigenvalue weighted by molar-refractivity contribution is 6.00. The van der Waals surface area contributed by atoms with Crippen molar-refractivity contribution in [3.63, 3.8) is 0 Å². The van der Waals surface area contributed by atoms with Crippen LogP contribution in [-0.4, -0.2) is 39.5 Å². The molecule has 27 heavy (non-hydrogen) atoms. The standard InChI is InChI=1S/C20H18O7/c1-9-5-11-6-13(19(23)24)18(20(25)26)17(12(11)8-15(9)22)10-3-4-14(21)16(7-10)27-2/h3-8,17-18,21-22H,1-2H3,(H,23,24)(H,25,26). The first-order chi connectivity index (χ1) is 12.7. The summed E-state index contributed by atoms with van der Waals surface area (Å²) in [6, 6.07) is 7.43. The monoisotopic (exact) mass is 370 g/mol. The summed E-state index contributed by atoms with van der Waals surface area (Å²) in [5.41, 5.74) is 1.76. The first-order valence-corrected chi connectivity index (χ1v) is 8.12. The predicted molar refractivity (Wildman–Crippen MR) is 96.1 cm³/mol. The SMILES string of the molecule is COc1cc(C2c3cc(O)c(C)cc3C=C(C(=O)O)C2C(=O)O)ccc1O. The number of benzene rings is 2.